The molecule has 144 valence electrons. The number of methoxy groups -OCH3 is 2. The quantitative estimate of drug-likeness (QED) is 0.810. The van der Waals surface area contributed by atoms with E-state index >= 15 is 0 Å². The van der Waals surface area contributed by atoms with Gasteiger partial charge in [0.25, 0.3) is 5.91 Å². The fourth-order valence-corrected chi connectivity index (χ4v) is 3.29. The van der Waals surface area contributed by atoms with Crippen LogP contribution in [0.5, 0.6) is 17.4 Å². The van der Waals surface area contributed by atoms with E-state index in [1.807, 2.05) is 0 Å². The minimum Gasteiger partial charge on any atom is -0.497 e. The maximum atomic E-state index is 12.6. The summed E-state index contributed by atoms with van der Waals surface area (Å²) in [6.45, 7) is 0. The van der Waals surface area contributed by atoms with Crippen LogP contribution in [-0.4, -0.2) is 37.3 Å². The molecule has 0 unspecified atom stereocenters. The molecular formula is C20H23ClN2O4. The number of nitrogens with zero attached hydrogens (tertiary/aromatic N) is 1. The van der Waals surface area contributed by atoms with Crippen molar-refractivity contribution in [1.82, 2.24) is 10.3 Å². The maximum absolute atomic E-state index is 12.6. The number of carbonyl (C=O) groups excluding carboxylic acids is 1. The molecule has 27 heavy (non-hydrogen) atoms. The highest BCUT2D eigenvalue weighted by atomic mass is 35.5. The van der Waals surface area contributed by atoms with E-state index in [9.17, 15) is 4.79 Å². The first-order valence-electron chi connectivity index (χ1n) is 8.90. The fourth-order valence-electron chi connectivity index (χ4n) is 3.18. The Morgan fingerprint density at radius 2 is 1.89 bits per heavy atom. The first kappa shape index (κ1) is 19.3. The van der Waals surface area contributed by atoms with Crippen LogP contribution >= 0.6 is 11.6 Å². The molecule has 1 saturated carbocycles. The molecule has 0 radical (unpaired) electrons. The number of ether oxygens (including phenoxy) is 3. The second-order valence-electron chi connectivity index (χ2n) is 6.45. The number of benzene rings is 1. The molecule has 1 aliphatic rings. The molecule has 2 aromatic rings. The minimum absolute atomic E-state index is 0.0994. The Morgan fingerprint density at radius 3 is 2.52 bits per heavy atom. The predicted octanol–water partition coefficient (Wildman–Crippen LogP) is 3.87. The van der Waals surface area contributed by atoms with Crippen molar-refractivity contribution in [2.75, 3.05) is 14.2 Å². The summed E-state index contributed by atoms with van der Waals surface area (Å²) in [5, 5.41) is 3.68. The number of hydrogen-bond acceptors (Lipinski definition) is 5. The van der Waals surface area contributed by atoms with Crippen molar-refractivity contribution >= 4 is 17.5 Å². The van der Waals surface area contributed by atoms with Crippen molar-refractivity contribution in [3.8, 4) is 17.4 Å². The fraction of sp³-hybridized carbons (Fsp3) is 0.400. The monoisotopic (exact) mass is 390 g/mol. The normalized spacial score (nSPS) is 19.2. The maximum Gasteiger partial charge on any atom is 0.255 e. The van der Waals surface area contributed by atoms with Gasteiger partial charge in [0.05, 0.1) is 24.8 Å². The third-order valence-electron chi connectivity index (χ3n) is 4.65. The zero-order valence-corrected chi connectivity index (χ0v) is 16.2. The van der Waals surface area contributed by atoms with E-state index in [4.69, 9.17) is 25.8 Å². The lowest BCUT2D eigenvalue weighted by atomic mass is 9.92. The highest BCUT2D eigenvalue weighted by Gasteiger charge is 2.25. The van der Waals surface area contributed by atoms with Gasteiger partial charge in [0.2, 0.25) is 5.88 Å². The summed E-state index contributed by atoms with van der Waals surface area (Å²) in [6, 6.07) is 8.82. The molecule has 1 amide bonds. The van der Waals surface area contributed by atoms with E-state index in [2.05, 4.69) is 10.3 Å². The van der Waals surface area contributed by atoms with Gasteiger partial charge in [0.15, 0.2) is 0 Å². The van der Waals surface area contributed by atoms with Crippen LogP contribution in [0, 0.1) is 0 Å². The zero-order valence-electron chi connectivity index (χ0n) is 15.4. The molecule has 1 aromatic carbocycles. The second-order valence-corrected chi connectivity index (χ2v) is 6.88. The summed E-state index contributed by atoms with van der Waals surface area (Å²) in [5.74, 6) is 1.59. The molecule has 0 aliphatic heterocycles. The van der Waals surface area contributed by atoms with E-state index < -0.39 is 0 Å². The summed E-state index contributed by atoms with van der Waals surface area (Å²) >= 11 is 5.84. The molecule has 3 rings (SSSR count). The number of carbonyl (C=O) groups is 1. The minimum atomic E-state index is -0.141. The van der Waals surface area contributed by atoms with E-state index in [1.54, 1.807) is 50.7 Å². The summed E-state index contributed by atoms with van der Waals surface area (Å²) < 4.78 is 16.4. The highest BCUT2D eigenvalue weighted by Crippen LogP contribution is 2.27. The summed E-state index contributed by atoms with van der Waals surface area (Å²) in [5.41, 5.74) is 0.502. The van der Waals surface area contributed by atoms with Gasteiger partial charge >= 0.3 is 0 Å². The van der Waals surface area contributed by atoms with Crippen LogP contribution in [0.4, 0.5) is 0 Å². The van der Waals surface area contributed by atoms with Gasteiger partial charge in [-0.3, -0.25) is 4.79 Å². The van der Waals surface area contributed by atoms with E-state index in [0.717, 1.165) is 25.7 Å². The van der Waals surface area contributed by atoms with Crippen molar-refractivity contribution in [3.63, 3.8) is 0 Å². The third-order valence-corrected chi connectivity index (χ3v) is 4.87. The first-order chi connectivity index (χ1) is 13.1. The molecule has 0 atom stereocenters. The smallest absolute Gasteiger partial charge is 0.255 e. The summed E-state index contributed by atoms with van der Waals surface area (Å²) in [4.78, 5) is 16.8. The Hall–Kier alpha value is -2.47. The van der Waals surface area contributed by atoms with E-state index in [0.29, 0.717) is 28.0 Å². The van der Waals surface area contributed by atoms with Gasteiger partial charge < -0.3 is 19.5 Å². The van der Waals surface area contributed by atoms with Gasteiger partial charge in [-0.2, -0.15) is 0 Å². The largest absolute Gasteiger partial charge is 0.497 e. The Bertz CT molecular complexity index is 774. The van der Waals surface area contributed by atoms with Crippen LogP contribution in [-0.2, 0) is 0 Å². The summed E-state index contributed by atoms with van der Waals surface area (Å²) in [7, 11) is 3.12. The molecule has 1 N–H and O–H groups in total. The molecule has 1 heterocycles. The van der Waals surface area contributed by atoms with E-state index in [-0.39, 0.29) is 18.1 Å². The Morgan fingerprint density at radius 1 is 1.11 bits per heavy atom. The highest BCUT2D eigenvalue weighted by molar-refractivity contribution is 6.30. The number of nitrogens with one attached hydrogen (secondary N) is 1. The Balaban J connectivity index is 1.53. The van der Waals surface area contributed by atoms with E-state index in [1.165, 1.54) is 0 Å². The molecular weight excluding hydrogens is 368 g/mol. The molecule has 0 spiro atoms. The molecule has 0 bridgehead atoms. The molecule has 1 fully saturated rings. The average Bonchev–Trinajstić information content (AvgIpc) is 2.70. The van der Waals surface area contributed by atoms with Gasteiger partial charge in [-0.1, -0.05) is 11.6 Å². The van der Waals surface area contributed by atoms with Crippen molar-refractivity contribution in [2.45, 2.75) is 37.8 Å². The van der Waals surface area contributed by atoms with Crippen molar-refractivity contribution in [1.29, 1.82) is 0 Å². The van der Waals surface area contributed by atoms with Crippen molar-refractivity contribution in [3.05, 3.63) is 47.1 Å². The topological polar surface area (TPSA) is 69.7 Å². The summed E-state index contributed by atoms with van der Waals surface area (Å²) in [6.07, 6.45) is 5.09. The Labute approximate surface area is 163 Å². The molecule has 0 saturated heterocycles. The standard InChI is InChI=1S/C20H23ClN2O4/c1-25-16-8-9-17(18(11-16)26-2)20(24)23-14-4-6-15(7-5-14)27-19-10-3-13(21)12-22-19/h3,8-12,14-15H,4-7H2,1-2H3,(H,23,24). The number of amides is 1. The van der Waals surface area contributed by atoms with Crippen LogP contribution in [0.3, 0.4) is 0 Å². The van der Waals surface area contributed by atoms with Gasteiger partial charge in [-0.15, -0.1) is 0 Å². The molecule has 1 aliphatic carbocycles. The first-order valence-corrected chi connectivity index (χ1v) is 9.28. The van der Waals surface area contributed by atoms with Crippen molar-refractivity contribution in [2.24, 2.45) is 0 Å². The molecule has 6 nitrogen and oxygen atoms in total. The van der Waals surface area contributed by atoms with Crippen LogP contribution < -0.4 is 19.5 Å². The lowest BCUT2D eigenvalue weighted by Crippen LogP contribution is -2.39. The lowest BCUT2D eigenvalue weighted by molar-refractivity contribution is 0.0887. The van der Waals surface area contributed by atoms with Gasteiger partial charge in [0, 0.05) is 24.4 Å². The third kappa shape index (κ3) is 5.04. The second kappa shape index (κ2) is 8.95. The van der Waals surface area contributed by atoms with Crippen LogP contribution in [0.25, 0.3) is 0 Å². The molecule has 7 heteroatoms. The number of halogens is 1. The predicted molar refractivity (Wildman–Crippen MR) is 103 cm³/mol. The van der Waals surface area contributed by atoms with Crippen LogP contribution in [0.15, 0.2) is 36.5 Å². The van der Waals surface area contributed by atoms with Gasteiger partial charge in [-0.25, -0.2) is 4.98 Å². The lowest BCUT2D eigenvalue weighted by Gasteiger charge is -2.29. The number of hydrogen-bond donors (Lipinski definition) is 1. The van der Waals surface area contributed by atoms with Gasteiger partial charge in [0.1, 0.15) is 17.6 Å². The van der Waals surface area contributed by atoms with Crippen molar-refractivity contribution < 1.29 is 19.0 Å². The number of rotatable bonds is 6. The molecule has 1 aromatic heterocycles. The van der Waals surface area contributed by atoms with Crippen LogP contribution in [0.1, 0.15) is 36.0 Å². The number of pyridine rings is 1. The number of aromatic nitrogens is 1. The SMILES string of the molecule is COc1ccc(C(=O)NC2CCC(Oc3ccc(Cl)cn3)CC2)c(OC)c1. The Kier molecular flexibility index (Phi) is 6.40. The van der Waals surface area contributed by atoms with Gasteiger partial charge in [-0.05, 0) is 43.9 Å². The zero-order chi connectivity index (χ0) is 19.2. The van der Waals surface area contributed by atoms with Crippen LogP contribution in [0.2, 0.25) is 5.02 Å². The average molecular weight is 391 g/mol.